The number of thiophene rings is 1. The highest BCUT2D eigenvalue weighted by Crippen LogP contribution is 2.38. The summed E-state index contributed by atoms with van der Waals surface area (Å²) in [5, 5.41) is 6.65. The van der Waals surface area contributed by atoms with Gasteiger partial charge in [0.15, 0.2) is 0 Å². The highest BCUT2D eigenvalue weighted by atomic mass is 79.9. The van der Waals surface area contributed by atoms with Crippen LogP contribution in [0.2, 0.25) is 0 Å². The predicted octanol–water partition coefficient (Wildman–Crippen LogP) is 4.84. The van der Waals surface area contributed by atoms with Gasteiger partial charge in [-0.3, -0.25) is 0 Å². The zero-order chi connectivity index (χ0) is 14.0. The topological polar surface area (TPSA) is 12.0 Å². The van der Waals surface area contributed by atoms with Crippen molar-refractivity contribution in [3.05, 3.63) is 56.2 Å². The van der Waals surface area contributed by atoms with Crippen LogP contribution in [0.5, 0.6) is 0 Å². The molecule has 102 valence electrons. The summed E-state index contributed by atoms with van der Waals surface area (Å²) in [6.07, 6.45) is -4.35. The van der Waals surface area contributed by atoms with E-state index in [1.165, 1.54) is 23.5 Å². The number of benzene rings is 1. The molecule has 1 heterocycles. The quantitative estimate of drug-likeness (QED) is 0.835. The van der Waals surface area contributed by atoms with Gasteiger partial charge in [-0.05, 0) is 45.6 Å². The van der Waals surface area contributed by atoms with Crippen molar-refractivity contribution < 1.29 is 13.2 Å². The van der Waals surface area contributed by atoms with E-state index in [9.17, 15) is 13.2 Å². The predicted molar refractivity (Wildman–Crippen MR) is 74.4 cm³/mol. The zero-order valence-corrected chi connectivity index (χ0v) is 12.4. The van der Waals surface area contributed by atoms with E-state index >= 15 is 0 Å². The monoisotopic (exact) mass is 349 g/mol. The molecule has 0 aliphatic heterocycles. The fourth-order valence-electron chi connectivity index (χ4n) is 1.98. The molecule has 19 heavy (non-hydrogen) atoms. The summed E-state index contributed by atoms with van der Waals surface area (Å²) >= 11 is 4.82. The molecule has 1 unspecified atom stereocenters. The first-order valence-corrected chi connectivity index (χ1v) is 7.23. The Morgan fingerprint density at radius 3 is 2.37 bits per heavy atom. The molecule has 0 aliphatic rings. The first-order chi connectivity index (χ1) is 8.95. The SMILES string of the molecule is CNC(c1cscc1Br)c1ccccc1C(F)(F)F. The summed E-state index contributed by atoms with van der Waals surface area (Å²) in [7, 11) is 1.65. The van der Waals surface area contributed by atoms with Gasteiger partial charge in [-0.2, -0.15) is 24.5 Å². The fraction of sp³-hybridized carbons (Fsp3) is 0.231. The van der Waals surface area contributed by atoms with Crippen molar-refractivity contribution >= 4 is 27.3 Å². The molecule has 0 saturated heterocycles. The molecular formula is C13H11BrF3NS. The van der Waals surface area contributed by atoms with Gasteiger partial charge in [0, 0.05) is 9.85 Å². The lowest BCUT2D eigenvalue weighted by molar-refractivity contribution is -0.138. The van der Waals surface area contributed by atoms with E-state index in [1.54, 1.807) is 13.1 Å². The van der Waals surface area contributed by atoms with Gasteiger partial charge in [-0.25, -0.2) is 0 Å². The maximum Gasteiger partial charge on any atom is 0.416 e. The third-order valence-corrected chi connectivity index (χ3v) is 4.57. The summed E-state index contributed by atoms with van der Waals surface area (Å²) < 4.78 is 40.0. The molecule has 1 aromatic heterocycles. The van der Waals surface area contributed by atoms with E-state index in [4.69, 9.17) is 0 Å². The van der Waals surface area contributed by atoms with Crippen LogP contribution < -0.4 is 5.32 Å². The van der Waals surface area contributed by atoms with Crippen molar-refractivity contribution in [3.63, 3.8) is 0 Å². The molecule has 0 spiro atoms. The molecule has 1 atom stereocenters. The third kappa shape index (κ3) is 3.01. The van der Waals surface area contributed by atoms with E-state index in [1.807, 2.05) is 10.8 Å². The van der Waals surface area contributed by atoms with E-state index in [0.29, 0.717) is 0 Å². The van der Waals surface area contributed by atoms with Crippen molar-refractivity contribution in [1.29, 1.82) is 0 Å². The first-order valence-electron chi connectivity index (χ1n) is 5.50. The lowest BCUT2D eigenvalue weighted by atomic mass is 9.96. The van der Waals surface area contributed by atoms with E-state index in [-0.39, 0.29) is 5.56 Å². The summed E-state index contributed by atoms with van der Waals surface area (Å²) in [5.41, 5.74) is 0.438. The van der Waals surface area contributed by atoms with Gasteiger partial charge in [-0.1, -0.05) is 18.2 Å². The van der Waals surface area contributed by atoms with Gasteiger partial charge >= 0.3 is 6.18 Å². The van der Waals surface area contributed by atoms with Crippen molar-refractivity contribution in [2.45, 2.75) is 12.2 Å². The second-order valence-corrected chi connectivity index (χ2v) is 5.58. The van der Waals surface area contributed by atoms with Crippen LogP contribution in [-0.4, -0.2) is 7.05 Å². The van der Waals surface area contributed by atoms with Gasteiger partial charge in [0.1, 0.15) is 0 Å². The van der Waals surface area contributed by atoms with Crippen LogP contribution in [0.3, 0.4) is 0 Å². The normalized spacial score (nSPS) is 13.5. The van der Waals surface area contributed by atoms with E-state index in [0.717, 1.165) is 16.1 Å². The number of nitrogens with one attached hydrogen (secondary N) is 1. The molecule has 0 radical (unpaired) electrons. The molecule has 0 fully saturated rings. The summed E-state index contributed by atoms with van der Waals surface area (Å²) in [5.74, 6) is 0. The molecule has 0 saturated carbocycles. The van der Waals surface area contributed by atoms with Gasteiger partial charge in [-0.15, -0.1) is 0 Å². The Kier molecular flexibility index (Phi) is 4.32. The van der Waals surface area contributed by atoms with Crippen molar-refractivity contribution in [3.8, 4) is 0 Å². The summed E-state index contributed by atoms with van der Waals surface area (Å²) in [6, 6.07) is 5.16. The van der Waals surface area contributed by atoms with Gasteiger partial charge in [0.05, 0.1) is 11.6 Å². The average Bonchev–Trinajstić information content (AvgIpc) is 2.76. The van der Waals surface area contributed by atoms with Crippen LogP contribution >= 0.6 is 27.3 Å². The molecule has 6 heteroatoms. The first kappa shape index (κ1) is 14.6. The zero-order valence-electron chi connectivity index (χ0n) is 9.96. The van der Waals surface area contributed by atoms with Crippen molar-refractivity contribution in [1.82, 2.24) is 5.32 Å². The maximum absolute atomic E-state index is 13.1. The molecular weight excluding hydrogens is 339 g/mol. The highest BCUT2D eigenvalue weighted by molar-refractivity contribution is 9.10. The van der Waals surface area contributed by atoms with Crippen LogP contribution in [0.4, 0.5) is 13.2 Å². The van der Waals surface area contributed by atoms with Crippen LogP contribution in [0, 0.1) is 0 Å². The Bertz CT molecular complexity index is 565. The van der Waals surface area contributed by atoms with Crippen LogP contribution in [0.1, 0.15) is 22.7 Å². The smallest absolute Gasteiger partial charge is 0.309 e. The molecule has 1 aromatic carbocycles. The fourth-order valence-corrected chi connectivity index (χ4v) is 3.53. The van der Waals surface area contributed by atoms with Crippen molar-refractivity contribution in [2.24, 2.45) is 0 Å². The van der Waals surface area contributed by atoms with Gasteiger partial charge in [0.25, 0.3) is 0 Å². The Labute approximate surface area is 121 Å². The molecule has 2 aromatic rings. The molecule has 1 nitrogen and oxygen atoms in total. The molecule has 0 aliphatic carbocycles. The second-order valence-electron chi connectivity index (χ2n) is 3.98. The van der Waals surface area contributed by atoms with Crippen molar-refractivity contribution in [2.75, 3.05) is 7.05 Å². The van der Waals surface area contributed by atoms with E-state index in [2.05, 4.69) is 21.2 Å². The minimum Gasteiger partial charge on any atom is -0.309 e. The summed E-state index contributed by atoms with van der Waals surface area (Å²) in [4.78, 5) is 0. The lowest BCUT2D eigenvalue weighted by Crippen LogP contribution is -2.21. The number of alkyl halides is 3. The minimum atomic E-state index is -4.35. The minimum absolute atomic E-state index is 0.233. The Hall–Kier alpha value is -0.850. The summed E-state index contributed by atoms with van der Waals surface area (Å²) in [6.45, 7) is 0. The standard InChI is InChI=1S/C13H11BrF3NS/c1-18-12(9-6-19-7-11(9)14)8-4-2-3-5-10(8)13(15,16)17/h2-7,12,18H,1H3. The number of hydrogen-bond acceptors (Lipinski definition) is 2. The Morgan fingerprint density at radius 1 is 1.16 bits per heavy atom. The number of halogens is 4. The van der Waals surface area contributed by atoms with Crippen LogP contribution in [-0.2, 0) is 6.18 Å². The highest BCUT2D eigenvalue weighted by Gasteiger charge is 2.35. The lowest BCUT2D eigenvalue weighted by Gasteiger charge is -2.21. The molecule has 1 N–H and O–H groups in total. The maximum atomic E-state index is 13.1. The van der Waals surface area contributed by atoms with Crippen LogP contribution in [0.25, 0.3) is 0 Å². The Morgan fingerprint density at radius 2 is 1.84 bits per heavy atom. The largest absolute Gasteiger partial charge is 0.416 e. The molecule has 0 bridgehead atoms. The molecule has 2 rings (SSSR count). The molecule has 0 amide bonds. The Balaban J connectivity index is 2.54. The van der Waals surface area contributed by atoms with Gasteiger partial charge < -0.3 is 5.32 Å². The number of hydrogen-bond donors (Lipinski definition) is 1. The average molecular weight is 350 g/mol. The van der Waals surface area contributed by atoms with Gasteiger partial charge in [0.2, 0.25) is 0 Å². The third-order valence-electron chi connectivity index (χ3n) is 2.82. The van der Waals surface area contributed by atoms with E-state index < -0.39 is 17.8 Å². The number of rotatable bonds is 3. The second kappa shape index (κ2) is 5.64. The van der Waals surface area contributed by atoms with Crippen LogP contribution in [0.15, 0.2) is 39.5 Å².